The molecule has 0 bridgehead atoms. The van der Waals surface area contributed by atoms with Crippen LogP contribution in [-0.2, 0) is 17.6 Å². The van der Waals surface area contributed by atoms with Crippen molar-refractivity contribution in [2.75, 3.05) is 13.1 Å². The van der Waals surface area contributed by atoms with Gasteiger partial charge in [-0.3, -0.25) is 0 Å². The van der Waals surface area contributed by atoms with Gasteiger partial charge in [0, 0.05) is 19.0 Å². The van der Waals surface area contributed by atoms with E-state index >= 15 is 0 Å². The number of aldehydes is 1. The lowest BCUT2D eigenvalue weighted by Crippen LogP contribution is -2.28. The molecule has 2 rings (SSSR count). The molecule has 1 aliphatic heterocycles. The van der Waals surface area contributed by atoms with Crippen molar-refractivity contribution in [2.45, 2.75) is 39.2 Å². The molecule has 1 saturated heterocycles. The molecular formula is C12H19N3O2. The molecule has 17 heavy (non-hydrogen) atoms. The predicted octanol–water partition coefficient (Wildman–Crippen LogP) is 1.08. The number of carbonyl (C=O) groups excluding carboxylic acids is 1. The second-order valence-electron chi connectivity index (χ2n) is 4.92. The Labute approximate surface area is 101 Å². The first-order valence-electron chi connectivity index (χ1n) is 6.18. The summed E-state index contributed by atoms with van der Waals surface area (Å²) in [5, 5.41) is 3.90. The van der Waals surface area contributed by atoms with Crippen LogP contribution in [0.3, 0.4) is 0 Å². The van der Waals surface area contributed by atoms with Gasteiger partial charge in [0.15, 0.2) is 5.82 Å². The Bertz CT molecular complexity index is 376. The molecule has 1 fully saturated rings. The van der Waals surface area contributed by atoms with Crippen LogP contribution in [0, 0.1) is 5.92 Å². The maximum Gasteiger partial charge on any atom is 0.233 e. The smallest absolute Gasteiger partial charge is 0.233 e. The lowest BCUT2D eigenvalue weighted by atomic mass is 10.1. The Morgan fingerprint density at radius 2 is 2.41 bits per heavy atom. The fourth-order valence-corrected chi connectivity index (χ4v) is 2.28. The third-order valence-electron chi connectivity index (χ3n) is 3.29. The Balaban J connectivity index is 1.86. The van der Waals surface area contributed by atoms with Crippen molar-refractivity contribution in [2.24, 2.45) is 5.92 Å². The number of hydrogen-bond donors (Lipinski definition) is 0. The van der Waals surface area contributed by atoms with Crippen molar-refractivity contribution < 1.29 is 9.32 Å². The molecule has 94 valence electrons. The summed E-state index contributed by atoms with van der Waals surface area (Å²) in [7, 11) is 0. The van der Waals surface area contributed by atoms with E-state index in [0.29, 0.717) is 17.9 Å². The predicted molar refractivity (Wildman–Crippen MR) is 62.6 cm³/mol. The average Bonchev–Trinajstić information content (AvgIpc) is 2.89. The van der Waals surface area contributed by atoms with Gasteiger partial charge in [-0.1, -0.05) is 5.16 Å². The molecule has 1 aromatic rings. The van der Waals surface area contributed by atoms with Crippen LogP contribution in [0.25, 0.3) is 0 Å². The highest BCUT2D eigenvalue weighted by atomic mass is 16.5. The molecule has 0 saturated carbocycles. The fourth-order valence-electron chi connectivity index (χ4n) is 2.28. The van der Waals surface area contributed by atoms with E-state index in [2.05, 4.69) is 28.9 Å². The normalized spacial score (nSPS) is 21.2. The summed E-state index contributed by atoms with van der Waals surface area (Å²) in [6, 6.07) is 0.607. The molecule has 0 spiro atoms. The van der Waals surface area contributed by atoms with E-state index in [0.717, 1.165) is 31.6 Å². The number of rotatable bonds is 5. The molecule has 0 N–H and O–H groups in total. The van der Waals surface area contributed by atoms with Crippen molar-refractivity contribution in [3.8, 4) is 0 Å². The van der Waals surface area contributed by atoms with Crippen molar-refractivity contribution in [1.82, 2.24) is 15.0 Å². The van der Waals surface area contributed by atoms with Crippen molar-refractivity contribution in [1.29, 1.82) is 0 Å². The molecule has 1 aliphatic rings. The van der Waals surface area contributed by atoms with E-state index in [1.54, 1.807) is 0 Å². The zero-order valence-electron chi connectivity index (χ0n) is 10.4. The van der Waals surface area contributed by atoms with E-state index < -0.39 is 0 Å². The fraction of sp³-hybridized carbons (Fsp3) is 0.750. The Hall–Kier alpha value is -1.23. The van der Waals surface area contributed by atoms with Gasteiger partial charge in [-0.05, 0) is 32.7 Å². The quantitative estimate of drug-likeness (QED) is 0.717. The van der Waals surface area contributed by atoms with Crippen LogP contribution >= 0.6 is 0 Å². The highest BCUT2D eigenvalue weighted by molar-refractivity contribution is 5.52. The maximum absolute atomic E-state index is 10.3. The summed E-state index contributed by atoms with van der Waals surface area (Å²) in [5.74, 6) is 1.77. The van der Waals surface area contributed by atoms with Crippen LogP contribution in [0.5, 0.6) is 0 Å². The van der Waals surface area contributed by atoms with Gasteiger partial charge >= 0.3 is 0 Å². The molecule has 5 heteroatoms. The summed E-state index contributed by atoms with van der Waals surface area (Å²) >= 11 is 0. The topological polar surface area (TPSA) is 59.2 Å². The summed E-state index contributed by atoms with van der Waals surface area (Å²) in [6.07, 6.45) is 3.05. The summed E-state index contributed by atoms with van der Waals surface area (Å²) < 4.78 is 4.98. The van der Waals surface area contributed by atoms with Crippen LogP contribution in [0.1, 0.15) is 32.0 Å². The molecular weight excluding hydrogens is 218 g/mol. The van der Waals surface area contributed by atoms with Crippen molar-refractivity contribution in [3.63, 3.8) is 0 Å². The van der Waals surface area contributed by atoms with Crippen LogP contribution in [0.4, 0.5) is 0 Å². The lowest BCUT2D eigenvalue weighted by Gasteiger charge is -2.19. The van der Waals surface area contributed by atoms with E-state index in [1.807, 2.05) is 0 Å². The van der Waals surface area contributed by atoms with Crippen molar-refractivity contribution in [3.05, 3.63) is 11.7 Å². The van der Waals surface area contributed by atoms with Gasteiger partial charge in [0.05, 0.1) is 6.42 Å². The molecule has 1 atom stereocenters. The summed E-state index contributed by atoms with van der Waals surface area (Å²) in [5.41, 5.74) is 0. The monoisotopic (exact) mass is 237 g/mol. The number of hydrogen-bond acceptors (Lipinski definition) is 5. The Morgan fingerprint density at radius 3 is 3.06 bits per heavy atom. The standard InChI is InChI=1S/C12H19N3O2/c1-9(2)15-5-3-10(8-15)7-11-13-12(4-6-16)17-14-11/h6,9-10H,3-5,7-8H2,1-2H3. The Kier molecular flexibility index (Phi) is 3.89. The van der Waals surface area contributed by atoms with Crippen LogP contribution in [-0.4, -0.2) is 40.5 Å². The molecule has 0 aliphatic carbocycles. The zero-order valence-corrected chi connectivity index (χ0v) is 10.4. The van der Waals surface area contributed by atoms with Gasteiger partial charge in [0.2, 0.25) is 5.89 Å². The minimum atomic E-state index is 0.218. The molecule has 0 amide bonds. The molecule has 1 aromatic heterocycles. The maximum atomic E-state index is 10.3. The van der Waals surface area contributed by atoms with E-state index in [1.165, 1.54) is 6.42 Å². The van der Waals surface area contributed by atoms with Gasteiger partial charge in [-0.15, -0.1) is 0 Å². The highest BCUT2D eigenvalue weighted by Gasteiger charge is 2.25. The largest absolute Gasteiger partial charge is 0.339 e. The molecule has 2 heterocycles. The second kappa shape index (κ2) is 5.40. The lowest BCUT2D eigenvalue weighted by molar-refractivity contribution is -0.107. The van der Waals surface area contributed by atoms with E-state index in [-0.39, 0.29) is 6.42 Å². The van der Waals surface area contributed by atoms with Gasteiger partial charge in [-0.25, -0.2) is 0 Å². The second-order valence-corrected chi connectivity index (χ2v) is 4.92. The van der Waals surface area contributed by atoms with E-state index in [9.17, 15) is 4.79 Å². The third-order valence-corrected chi connectivity index (χ3v) is 3.29. The number of nitrogens with zero attached hydrogens (tertiary/aromatic N) is 3. The first kappa shape index (κ1) is 12.2. The van der Waals surface area contributed by atoms with Gasteiger partial charge < -0.3 is 14.2 Å². The average molecular weight is 237 g/mol. The first-order chi connectivity index (χ1) is 8.19. The first-order valence-corrected chi connectivity index (χ1v) is 6.18. The van der Waals surface area contributed by atoms with E-state index in [4.69, 9.17) is 4.52 Å². The summed E-state index contributed by atoms with van der Waals surface area (Å²) in [6.45, 7) is 6.70. The minimum absolute atomic E-state index is 0.218. The SMILES string of the molecule is CC(C)N1CCC(Cc2noc(CC=O)n2)C1. The highest BCUT2D eigenvalue weighted by Crippen LogP contribution is 2.21. The van der Waals surface area contributed by atoms with Gasteiger partial charge in [0.1, 0.15) is 6.29 Å². The summed E-state index contributed by atoms with van der Waals surface area (Å²) in [4.78, 5) is 17.0. The van der Waals surface area contributed by atoms with Crippen molar-refractivity contribution >= 4 is 6.29 Å². The van der Waals surface area contributed by atoms with Gasteiger partial charge in [0.25, 0.3) is 0 Å². The number of aromatic nitrogens is 2. The van der Waals surface area contributed by atoms with Crippen LogP contribution in [0.2, 0.25) is 0 Å². The zero-order chi connectivity index (χ0) is 12.3. The number of likely N-dealkylation sites (tertiary alicyclic amines) is 1. The van der Waals surface area contributed by atoms with Gasteiger partial charge in [-0.2, -0.15) is 4.98 Å². The molecule has 0 radical (unpaired) electrons. The van der Waals surface area contributed by atoms with Crippen LogP contribution < -0.4 is 0 Å². The Morgan fingerprint density at radius 1 is 1.59 bits per heavy atom. The molecule has 5 nitrogen and oxygen atoms in total. The van der Waals surface area contributed by atoms with Crippen LogP contribution in [0.15, 0.2) is 4.52 Å². The minimum Gasteiger partial charge on any atom is -0.339 e. The third kappa shape index (κ3) is 3.12. The molecule has 1 unspecified atom stereocenters. The number of carbonyl (C=O) groups is 1. The molecule has 0 aromatic carbocycles.